The van der Waals surface area contributed by atoms with Crippen LogP contribution in [0.2, 0.25) is 0 Å². The van der Waals surface area contributed by atoms with Crippen LogP contribution in [-0.4, -0.2) is 38.6 Å². The normalized spacial score (nSPS) is 28.5. The number of hydrogen-bond donors (Lipinski definition) is 3. The molecule has 0 unspecified atom stereocenters. The lowest BCUT2D eigenvalue weighted by Crippen LogP contribution is -2.34. The molecule has 0 spiro atoms. The van der Waals surface area contributed by atoms with Crippen LogP contribution in [-0.2, 0) is 4.74 Å². The van der Waals surface area contributed by atoms with Crippen molar-refractivity contribution in [2.45, 2.75) is 24.9 Å². The summed E-state index contributed by atoms with van der Waals surface area (Å²) < 4.78 is 19.0. The smallest absolute Gasteiger partial charge is 0.330 e. The van der Waals surface area contributed by atoms with E-state index in [1.807, 2.05) is 0 Å². The molecule has 3 atom stereocenters. The van der Waals surface area contributed by atoms with Crippen LogP contribution in [0.15, 0.2) is 15.8 Å². The molecule has 7 nitrogen and oxygen atoms in total. The lowest BCUT2D eigenvalue weighted by Gasteiger charge is -2.13. The van der Waals surface area contributed by atoms with E-state index < -0.39 is 42.1 Å². The number of H-pyrrole nitrogens is 1. The van der Waals surface area contributed by atoms with Crippen molar-refractivity contribution in [3.63, 3.8) is 0 Å². The minimum Gasteiger partial charge on any atom is -0.394 e. The fraction of sp³-hybridized carbons (Fsp3) is 0.556. The molecule has 8 heteroatoms. The number of aliphatic hydroxyl groups excluding tert-OH is 2. The van der Waals surface area contributed by atoms with Gasteiger partial charge < -0.3 is 14.9 Å². The molecule has 0 bridgehead atoms. The van der Waals surface area contributed by atoms with Crippen molar-refractivity contribution in [3.05, 3.63) is 32.9 Å². The molecule has 94 valence electrons. The molecule has 0 amide bonds. The van der Waals surface area contributed by atoms with Crippen molar-refractivity contribution in [1.82, 2.24) is 9.55 Å². The lowest BCUT2D eigenvalue weighted by atomic mass is 10.2. The fourth-order valence-electron chi connectivity index (χ4n) is 1.72. The molecule has 1 fully saturated rings. The number of nitrogens with zero attached hydrogens (tertiary/aromatic N) is 1. The number of aromatic nitrogens is 2. The molecule has 1 aliphatic rings. The monoisotopic (exact) mass is 249 g/mol. The second-order valence-corrected chi connectivity index (χ2v) is 3.76. The third kappa shape index (κ3) is 2.14. The molecule has 0 saturated carbocycles. The maximum atomic E-state index is 13.0. The Morgan fingerprint density at radius 1 is 1.59 bits per heavy atom. The zero-order valence-corrected chi connectivity index (χ0v) is 8.67. The van der Waals surface area contributed by atoms with E-state index in [1.165, 1.54) is 0 Å². The van der Waals surface area contributed by atoms with Gasteiger partial charge in [0.25, 0.3) is 5.56 Å². The maximum absolute atomic E-state index is 13.0. The van der Waals surface area contributed by atoms with Crippen LogP contribution in [0.1, 0.15) is 12.6 Å². The predicted molar refractivity (Wildman–Crippen MR) is 52.9 cm³/mol. The molecular formula is C9H11FN2O5. The largest absolute Gasteiger partial charge is 0.394 e. The second kappa shape index (κ2) is 4.40. The number of halogens is 1. The Morgan fingerprint density at radius 2 is 2.29 bits per heavy atom. The second-order valence-electron chi connectivity index (χ2n) is 3.76. The Hall–Kier alpha value is -1.51. The van der Waals surface area contributed by atoms with E-state index in [0.29, 0.717) is 0 Å². The highest BCUT2D eigenvalue weighted by Crippen LogP contribution is 2.26. The summed E-state index contributed by atoms with van der Waals surface area (Å²) in [6, 6.07) is 0. The van der Waals surface area contributed by atoms with E-state index in [0.717, 1.165) is 10.8 Å². The van der Waals surface area contributed by atoms with Gasteiger partial charge in [0.05, 0.1) is 18.9 Å². The van der Waals surface area contributed by atoms with Crippen molar-refractivity contribution in [1.29, 1.82) is 0 Å². The van der Waals surface area contributed by atoms with Crippen LogP contribution < -0.4 is 11.2 Å². The van der Waals surface area contributed by atoms with E-state index in [4.69, 9.17) is 9.84 Å². The van der Waals surface area contributed by atoms with Gasteiger partial charge in [-0.3, -0.25) is 14.3 Å². The van der Waals surface area contributed by atoms with Crippen molar-refractivity contribution < 1.29 is 19.3 Å². The first-order valence-corrected chi connectivity index (χ1v) is 4.98. The van der Waals surface area contributed by atoms with Gasteiger partial charge >= 0.3 is 5.69 Å². The first-order chi connectivity index (χ1) is 8.02. The first kappa shape index (κ1) is 12.0. The van der Waals surface area contributed by atoms with Gasteiger partial charge in [-0.25, -0.2) is 4.79 Å². The van der Waals surface area contributed by atoms with E-state index in [2.05, 4.69) is 0 Å². The topological polar surface area (TPSA) is 105 Å². The molecule has 17 heavy (non-hydrogen) atoms. The SMILES string of the molecule is O=c1[15nH][13c](=O)[15n]([C@H]2C[C@@H](O)[C@@H](CO)O2)cc1F. The number of aliphatic hydroxyl groups is 2. The Balaban J connectivity index is 2.34. The van der Waals surface area contributed by atoms with Gasteiger partial charge in [-0.1, -0.05) is 0 Å². The van der Waals surface area contributed by atoms with Crippen LogP contribution in [0.25, 0.3) is 0 Å². The Morgan fingerprint density at radius 3 is 2.88 bits per heavy atom. The lowest BCUT2D eigenvalue weighted by molar-refractivity contribution is -0.0462. The number of nitrogens with one attached hydrogen (secondary N) is 1. The summed E-state index contributed by atoms with van der Waals surface area (Å²) in [4.78, 5) is 24.0. The molecule has 3 N–H and O–H groups in total. The van der Waals surface area contributed by atoms with Crippen LogP contribution in [0, 0.1) is 5.82 Å². The summed E-state index contributed by atoms with van der Waals surface area (Å²) in [5.74, 6) is -1.12. The molecule has 2 heterocycles. The molecule has 0 radical (unpaired) electrons. The van der Waals surface area contributed by atoms with E-state index in [1.54, 1.807) is 4.98 Å². The van der Waals surface area contributed by atoms with Gasteiger partial charge in [-0.2, -0.15) is 4.39 Å². The summed E-state index contributed by atoms with van der Waals surface area (Å²) in [7, 11) is 0. The van der Waals surface area contributed by atoms with Crippen molar-refractivity contribution in [2.75, 3.05) is 6.61 Å². The average molecular weight is 249 g/mol. The number of aromatic amines is 1. The zero-order chi connectivity index (χ0) is 12.6. The molecule has 1 aromatic rings. The summed E-state index contributed by atoms with van der Waals surface area (Å²) in [6.45, 7) is -0.405. The van der Waals surface area contributed by atoms with Gasteiger partial charge in [-0.15, -0.1) is 0 Å². The third-order valence-electron chi connectivity index (χ3n) is 2.62. The van der Waals surface area contributed by atoms with E-state index >= 15 is 0 Å². The highest BCUT2D eigenvalue weighted by Gasteiger charge is 2.35. The van der Waals surface area contributed by atoms with Crippen molar-refractivity contribution >= 4 is 0 Å². The van der Waals surface area contributed by atoms with Gasteiger partial charge in [0, 0.05) is 6.42 Å². The summed E-state index contributed by atoms with van der Waals surface area (Å²) in [5.41, 5.74) is -1.93. The summed E-state index contributed by atoms with van der Waals surface area (Å²) >= 11 is 0. The quantitative estimate of drug-likeness (QED) is 0.580. The van der Waals surface area contributed by atoms with E-state index in [-0.39, 0.29) is 6.42 Å². The zero-order valence-electron chi connectivity index (χ0n) is 8.67. The molecule has 1 aromatic heterocycles. The third-order valence-corrected chi connectivity index (χ3v) is 2.62. The number of rotatable bonds is 2. The Labute approximate surface area is 94.1 Å². The van der Waals surface area contributed by atoms with Gasteiger partial charge in [-0.05, 0) is 0 Å². The molecular weight excluding hydrogens is 238 g/mol. The van der Waals surface area contributed by atoms with Crippen LogP contribution >= 0.6 is 0 Å². The molecule has 1 saturated heterocycles. The molecule has 1 aliphatic heterocycles. The van der Waals surface area contributed by atoms with Gasteiger partial charge in [0.15, 0.2) is 0 Å². The van der Waals surface area contributed by atoms with Crippen molar-refractivity contribution in [3.8, 4) is 0 Å². The number of ether oxygens (including phenoxy) is 1. The Kier molecular flexibility index (Phi) is 3.09. The van der Waals surface area contributed by atoms with Crippen molar-refractivity contribution in [2.24, 2.45) is 0 Å². The number of hydrogen-bond acceptors (Lipinski definition) is 5. The first-order valence-electron chi connectivity index (χ1n) is 4.98. The predicted octanol–water partition coefficient (Wildman–Crippen LogP) is -1.68. The summed E-state index contributed by atoms with van der Waals surface area (Å²) in [5, 5.41) is 18.3. The standard InChI is InChI=1S/C9H11FN2O5/c10-4-2-12(9(16)11-8(4)15)7-1-5(14)6(3-13)17-7/h2,5-7,13-14H,1,3H2,(H,11,15,16)/t5-,6-,7-/m1/s1/i9+1,11+1,12+1. The van der Waals surface area contributed by atoms with Gasteiger partial charge in [0.2, 0.25) is 5.82 Å². The van der Waals surface area contributed by atoms with Crippen LogP contribution in [0.3, 0.4) is 0 Å². The highest BCUT2D eigenvalue weighted by atomic mass is 19.1. The molecule has 0 aliphatic carbocycles. The summed E-state index contributed by atoms with van der Waals surface area (Å²) in [6.07, 6.45) is -1.90. The van der Waals surface area contributed by atoms with Gasteiger partial charge in [0.1, 0.15) is 12.3 Å². The van der Waals surface area contributed by atoms with E-state index in [9.17, 15) is 19.1 Å². The maximum Gasteiger partial charge on any atom is 0.330 e. The fourth-order valence-corrected chi connectivity index (χ4v) is 1.72. The minimum atomic E-state index is -1.12. The molecule has 0 aromatic carbocycles. The average Bonchev–Trinajstić information content (AvgIpc) is 2.65. The Bertz CT molecular complexity index is 525. The minimum absolute atomic E-state index is 0.0383. The highest BCUT2D eigenvalue weighted by molar-refractivity contribution is 4.90. The molecule has 2 rings (SSSR count). The van der Waals surface area contributed by atoms with Crippen LogP contribution in [0.4, 0.5) is 4.39 Å². The van der Waals surface area contributed by atoms with Crippen LogP contribution in [0.5, 0.6) is 0 Å².